The van der Waals surface area contributed by atoms with Crippen LogP contribution in [0.5, 0.6) is 0 Å². The van der Waals surface area contributed by atoms with Crippen molar-refractivity contribution >= 4 is 44.5 Å². The number of hydrogen-bond acceptors (Lipinski definition) is 4. The highest BCUT2D eigenvalue weighted by Gasteiger charge is 2.20. The minimum atomic E-state index is -0.0453. The van der Waals surface area contributed by atoms with Gasteiger partial charge in [-0.3, -0.25) is 14.2 Å². The van der Waals surface area contributed by atoms with Crippen molar-refractivity contribution in [2.45, 2.75) is 38.4 Å². The van der Waals surface area contributed by atoms with E-state index < -0.39 is 0 Å². The molecule has 0 bridgehead atoms. The fourth-order valence-corrected chi connectivity index (χ4v) is 4.27. The van der Waals surface area contributed by atoms with Crippen LogP contribution >= 0.6 is 27.7 Å². The predicted molar refractivity (Wildman–Crippen MR) is 105 cm³/mol. The van der Waals surface area contributed by atoms with E-state index in [2.05, 4.69) is 34.8 Å². The van der Waals surface area contributed by atoms with Gasteiger partial charge < -0.3 is 4.90 Å². The number of carbonyl (C=O) groups is 1. The number of aromatic nitrogens is 2. The molecule has 0 unspecified atom stereocenters. The Kier molecular flexibility index (Phi) is 5.84. The number of rotatable bonds is 5. The molecule has 1 amide bonds. The van der Waals surface area contributed by atoms with Gasteiger partial charge in [0.05, 0.1) is 16.7 Å². The maximum absolute atomic E-state index is 12.9. The van der Waals surface area contributed by atoms with Gasteiger partial charge in [-0.25, -0.2) is 4.98 Å². The summed E-state index contributed by atoms with van der Waals surface area (Å²) >= 11 is 4.78. The van der Waals surface area contributed by atoms with Gasteiger partial charge in [-0.05, 0) is 37.0 Å². The third kappa shape index (κ3) is 4.26. The average molecular weight is 424 g/mol. The summed E-state index contributed by atoms with van der Waals surface area (Å²) in [6.45, 7) is 6.42. The molecule has 1 aromatic heterocycles. The van der Waals surface area contributed by atoms with E-state index in [4.69, 9.17) is 0 Å². The van der Waals surface area contributed by atoms with Crippen molar-refractivity contribution in [2.24, 2.45) is 5.92 Å². The highest BCUT2D eigenvalue weighted by atomic mass is 79.9. The molecule has 2 heterocycles. The number of benzene rings is 1. The van der Waals surface area contributed by atoms with Gasteiger partial charge in [0.2, 0.25) is 5.91 Å². The Morgan fingerprint density at radius 2 is 2.04 bits per heavy atom. The second-order valence-corrected chi connectivity index (χ2v) is 8.60. The fourth-order valence-electron chi connectivity index (χ4n) is 2.99. The molecule has 25 heavy (non-hydrogen) atoms. The van der Waals surface area contributed by atoms with Gasteiger partial charge in [0.1, 0.15) is 0 Å². The first-order chi connectivity index (χ1) is 12.0. The molecule has 1 saturated heterocycles. The molecule has 7 heteroatoms. The van der Waals surface area contributed by atoms with Gasteiger partial charge in [0, 0.05) is 24.1 Å². The molecular weight excluding hydrogens is 402 g/mol. The summed E-state index contributed by atoms with van der Waals surface area (Å²) in [4.78, 5) is 31.8. The minimum absolute atomic E-state index is 0.0453. The zero-order valence-electron chi connectivity index (χ0n) is 14.5. The highest BCUT2D eigenvalue weighted by Crippen LogP contribution is 2.22. The van der Waals surface area contributed by atoms with Crippen molar-refractivity contribution in [3.05, 3.63) is 33.0 Å². The zero-order chi connectivity index (χ0) is 18.0. The third-order valence-corrected chi connectivity index (χ3v) is 5.67. The van der Waals surface area contributed by atoms with E-state index >= 15 is 0 Å². The summed E-state index contributed by atoms with van der Waals surface area (Å²) in [5.41, 5.74) is 0.625. The lowest BCUT2D eigenvalue weighted by Crippen LogP contribution is -2.30. The van der Waals surface area contributed by atoms with Crippen molar-refractivity contribution in [1.29, 1.82) is 0 Å². The molecule has 0 saturated carbocycles. The zero-order valence-corrected chi connectivity index (χ0v) is 16.9. The van der Waals surface area contributed by atoms with Crippen molar-refractivity contribution < 1.29 is 4.79 Å². The van der Waals surface area contributed by atoms with Crippen molar-refractivity contribution in [3.63, 3.8) is 0 Å². The number of nitrogens with zero attached hydrogens (tertiary/aromatic N) is 3. The lowest BCUT2D eigenvalue weighted by atomic mass is 10.2. The number of thioether (sulfide) groups is 1. The van der Waals surface area contributed by atoms with Gasteiger partial charge in [0.15, 0.2) is 5.16 Å². The quantitative estimate of drug-likeness (QED) is 0.545. The van der Waals surface area contributed by atoms with Crippen molar-refractivity contribution in [3.8, 4) is 0 Å². The molecule has 3 rings (SSSR count). The molecule has 1 fully saturated rings. The van der Waals surface area contributed by atoms with Crippen LogP contribution in [0.25, 0.3) is 10.9 Å². The van der Waals surface area contributed by atoms with Gasteiger partial charge >= 0.3 is 0 Å². The Morgan fingerprint density at radius 3 is 2.72 bits per heavy atom. The van der Waals surface area contributed by atoms with Gasteiger partial charge in [-0.1, -0.05) is 41.5 Å². The molecule has 0 radical (unpaired) electrons. The van der Waals surface area contributed by atoms with Crippen LogP contribution in [-0.2, 0) is 11.3 Å². The fraction of sp³-hybridized carbons (Fsp3) is 0.500. The molecule has 134 valence electrons. The van der Waals surface area contributed by atoms with Gasteiger partial charge in [-0.2, -0.15) is 0 Å². The van der Waals surface area contributed by atoms with Crippen LogP contribution in [0.4, 0.5) is 0 Å². The Labute approximate surface area is 159 Å². The Hall–Kier alpha value is -1.34. The summed E-state index contributed by atoms with van der Waals surface area (Å²) in [6.07, 6.45) is 2.16. The normalized spacial score (nSPS) is 14.6. The van der Waals surface area contributed by atoms with E-state index in [9.17, 15) is 9.59 Å². The smallest absolute Gasteiger partial charge is 0.262 e. The molecule has 0 atom stereocenters. The van der Waals surface area contributed by atoms with Gasteiger partial charge in [-0.15, -0.1) is 0 Å². The highest BCUT2D eigenvalue weighted by molar-refractivity contribution is 9.10. The van der Waals surface area contributed by atoms with E-state index in [1.807, 2.05) is 23.1 Å². The first-order valence-electron chi connectivity index (χ1n) is 8.56. The molecule has 1 aliphatic heterocycles. The van der Waals surface area contributed by atoms with Crippen molar-refractivity contribution in [2.75, 3.05) is 18.8 Å². The summed E-state index contributed by atoms with van der Waals surface area (Å²) < 4.78 is 2.57. The second kappa shape index (κ2) is 7.91. The van der Waals surface area contributed by atoms with Crippen LogP contribution in [0.2, 0.25) is 0 Å². The summed E-state index contributed by atoms with van der Waals surface area (Å²) in [5.74, 6) is 0.772. The lowest BCUT2D eigenvalue weighted by molar-refractivity contribution is -0.127. The van der Waals surface area contributed by atoms with E-state index in [1.54, 1.807) is 4.57 Å². The third-order valence-electron chi connectivity index (χ3n) is 4.21. The predicted octanol–water partition coefficient (Wildman–Crippen LogP) is 3.53. The van der Waals surface area contributed by atoms with E-state index in [0.717, 1.165) is 30.4 Å². The summed E-state index contributed by atoms with van der Waals surface area (Å²) in [6, 6.07) is 5.53. The molecule has 5 nitrogen and oxygen atoms in total. The number of carbonyl (C=O) groups excluding carboxylic acids is 1. The minimum Gasteiger partial charge on any atom is -0.342 e. The Bertz CT molecular complexity index is 844. The van der Waals surface area contributed by atoms with E-state index in [-0.39, 0.29) is 11.5 Å². The average Bonchev–Trinajstić information content (AvgIpc) is 3.10. The summed E-state index contributed by atoms with van der Waals surface area (Å²) in [5, 5.41) is 1.23. The first-order valence-corrected chi connectivity index (χ1v) is 10.3. The number of halogens is 1. The van der Waals surface area contributed by atoms with Gasteiger partial charge in [0.25, 0.3) is 5.56 Å². The largest absolute Gasteiger partial charge is 0.342 e. The first kappa shape index (κ1) is 18.5. The van der Waals surface area contributed by atoms with Crippen LogP contribution in [0.15, 0.2) is 32.6 Å². The molecule has 2 aromatic rings. The van der Waals surface area contributed by atoms with Crippen LogP contribution in [0.1, 0.15) is 26.7 Å². The molecular formula is C18H22BrN3O2S. The number of likely N-dealkylation sites (tertiary alicyclic amines) is 1. The van der Waals surface area contributed by atoms with Crippen LogP contribution in [0, 0.1) is 5.92 Å². The van der Waals surface area contributed by atoms with Crippen molar-refractivity contribution in [1.82, 2.24) is 14.5 Å². The monoisotopic (exact) mass is 423 g/mol. The van der Waals surface area contributed by atoms with Crippen LogP contribution < -0.4 is 5.56 Å². The molecule has 0 aliphatic carbocycles. The molecule has 0 N–H and O–H groups in total. The second-order valence-electron chi connectivity index (χ2n) is 6.74. The Balaban J connectivity index is 1.93. The standard InChI is InChI=1S/C18H22BrN3O2S/c1-12(2)10-22-17(24)14-9-13(19)5-6-15(14)20-18(22)25-11-16(23)21-7-3-4-8-21/h5-6,9,12H,3-4,7-8,10-11H2,1-2H3. The molecule has 0 spiro atoms. The van der Waals surface area contributed by atoms with E-state index in [0.29, 0.717) is 34.3 Å². The molecule has 1 aromatic carbocycles. The number of amides is 1. The maximum atomic E-state index is 12.9. The maximum Gasteiger partial charge on any atom is 0.262 e. The van der Waals surface area contributed by atoms with Crippen LogP contribution in [0.3, 0.4) is 0 Å². The SMILES string of the molecule is CC(C)Cn1c(SCC(=O)N2CCCC2)nc2ccc(Br)cc2c1=O. The summed E-state index contributed by atoms with van der Waals surface area (Å²) in [7, 11) is 0. The number of hydrogen-bond donors (Lipinski definition) is 0. The Morgan fingerprint density at radius 1 is 1.32 bits per heavy atom. The number of fused-ring (bicyclic) bond motifs is 1. The molecule has 1 aliphatic rings. The van der Waals surface area contributed by atoms with E-state index in [1.165, 1.54) is 11.8 Å². The van der Waals surface area contributed by atoms with Crippen LogP contribution in [-0.4, -0.2) is 39.2 Å². The topological polar surface area (TPSA) is 55.2 Å². The lowest BCUT2D eigenvalue weighted by Gasteiger charge is -2.17.